The highest BCUT2D eigenvalue weighted by Gasteiger charge is 2.15. The van der Waals surface area contributed by atoms with Crippen LogP contribution in [0.25, 0.3) is 0 Å². The van der Waals surface area contributed by atoms with Crippen LogP contribution in [0.15, 0.2) is 29.6 Å². The summed E-state index contributed by atoms with van der Waals surface area (Å²) < 4.78 is 4.94. The quantitative estimate of drug-likeness (QED) is 0.665. The van der Waals surface area contributed by atoms with Gasteiger partial charge in [0, 0.05) is 5.69 Å². The molecule has 0 bridgehead atoms. The van der Waals surface area contributed by atoms with E-state index in [0.29, 0.717) is 16.3 Å². The van der Waals surface area contributed by atoms with Gasteiger partial charge in [-0.05, 0) is 30.0 Å². The number of benzene rings is 1. The van der Waals surface area contributed by atoms with Gasteiger partial charge in [-0.15, -0.1) is 11.3 Å². The van der Waals surface area contributed by atoms with Crippen molar-refractivity contribution in [2.45, 2.75) is 6.92 Å². The molecule has 0 radical (unpaired) electrons. The summed E-state index contributed by atoms with van der Waals surface area (Å²) in [7, 11) is 0. The molecule has 0 aliphatic carbocycles. The molecule has 1 aromatic carbocycles. The van der Waals surface area contributed by atoms with Gasteiger partial charge in [0.05, 0.1) is 11.1 Å². The van der Waals surface area contributed by atoms with Crippen LogP contribution in [0.4, 0.5) is 10.7 Å². The van der Waals surface area contributed by atoms with Crippen LogP contribution in [0.3, 0.4) is 0 Å². The Balaban J connectivity index is 1.95. The highest BCUT2D eigenvalue weighted by Crippen LogP contribution is 2.22. The molecule has 1 aromatic heterocycles. The Morgan fingerprint density at radius 3 is 2.91 bits per heavy atom. The Bertz CT molecular complexity index is 762. The van der Waals surface area contributed by atoms with Crippen molar-refractivity contribution < 1.29 is 14.3 Å². The molecule has 0 spiro atoms. The van der Waals surface area contributed by atoms with Gasteiger partial charge in [-0.1, -0.05) is 12.1 Å². The van der Waals surface area contributed by atoms with E-state index >= 15 is 0 Å². The fourth-order valence-corrected chi connectivity index (χ4v) is 2.48. The van der Waals surface area contributed by atoms with Gasteiger partial charge in [-0.25, -0.2) is 4.79 Å². The molecule has 6 nitrogen and oxygen atoms in total. The van der Waals surface area contributed by atoms with E-state index in [1.54, 1.807) is 30.5 Å². The number of esters is 1. The van der Waals surface area contributed by atoms with Crippen molar-refractivity contribution in [3.8, 4) is 6.07 Å². The summed E-state index contributed by atoms with van der Waals surface area (Å²) in [6.45, 7) is 1.33. The minimum absolute atomic E-state index is 0.224. The van der Waals surface area contributed by atoms with E-state index in [9.17, 15) is 9.59 Å². The predicted octanol–water partition coefficient (Wildman–Crippen LogP) is 2.31. The first-order valence-electron chi connectivity index (χ1n) is 6.32. The molecule has 0 fully saturated rings. The number of carbonyl (C=O) groups is 2. The molecular formula is C15H13N3O3S. The molecule has 0 aliphatic heterocycles. The molecule has 0 unspecified atom stereocenters. The molecule has 7 heteroatoms. The number of anilines is 2. The molecule has 3 N–H and O–H groups in total. The number of nitrogens with two attached hydrogens (primary N) is 1. The first-order valence-corrected chi connectivity index (χ1v) is 7.20. The molecule has 2 aromatic rings. The SMILES string of the molecule is Cc1cccc(C(=O)OCC(=O)Nc2sccc2C#N)c1N. The third-order valence-electron chi connectivity index (χ3n) is 2.92. The smallest absolute Gasteiger partial charge is 0.340 e. The van der Waals surface area contributed by atoms with E-state index in [1.807, 2.05) is 6.07 Å². The monoisotopic (exact) mass is 315 g/mol. The number of nitrogens with one attached hydrogen (secondary N) is 1. The maximum atomic E-state index is 11.9. The van der Waals surface area contributed by atoms with Gasteiger partial charge in [0.25, 0.3) is 5.91 Å². The van der Waals surface area contributed by atoms with Crippen molar-refractivity contribution in [1.29, 1.82) is 5.26 Å². The van der Waals surface area contributed by atoms with Crippen molar-refractivity contribution >= 4 is 33.9 Å². The Morgan fingerprint density at radius 2 is 2.18 bits per heavy atom. The number of para-hydroxylation sites is 1. The number of nitriles is 1. The van der Waals surface area contributed by atoms with E-state index in [1.165, 1.54) is 17.4 Å². The number of aryl methyl sites for hydroxylation is 1. The van der Waals surface area contributed by atoms with Crippen LogP contribution < -0.4 is 11.1 Å². The maximum absolute atomic E-state index is 11.9. The lowest BCUT2D eigenvalue weighted by Gasteiger charge is -2.08. The Hall–Kier alpha value is -2.85. The van der Waals surface area contributed by atoms with E-state index in [4.69, 9.17) is 15.7 Å². The largest absolute Gasteiger partial charge is 0.452 e. The number of hydrogen-bond acceptors (Lipinski definition) is 6. The van der Waals surface area contributed by atoms with Crippen LogP contribution in [0.2, 0.25) is 0 Å². The standard InChI is InChI=1S/C15H13N3O3S/c1-9-3-2-4-11(13(9)17)15(20)21-8-12(19)18-14-10(7-16)5-6-22-14/h2-6H,8,17H2,1H3,(H,18,19). The van der Waals surface area contributed by atoms with Crippen molar-refractivity contribution in [3.05, 3.63) is 46.3 Å². The van der Waals surface area contributed by atoms with Crippen LogP contribution in [-0.2, 0) is 9.53 Å². The van der Waals surface area contributed by atoms with E-state index < -0.39 is 18.5 Å². The summed E-state index contributed by atoms with van der Waals surface area (Å²) in [6, 6.07) is 8.56. The van der Waals surface area contributed by atoms with E-state index in [-0.39, 0.29) is 5.56 Å². The number of carbonyl (C=O) groups excluding carboxylic acids is 2. The number of ether oxygens (including phenoxy) is 1. The number of hydrogen-bond donors (Lipinski definition) is 2. The Labute approximate surface area is 131 Å². The average Bonchev–Trinajstić information content (AvgIpc) is 2.94. The van der Waals surface area contributed by atoms with Gasteiger partial charge in [0.1, 0.15) is 11.1 Å². The lowest BCUT2D eigenvalue weighted by molar-refractivity contribution is -0.119. The zero-order valence-corrected chi connectivity index (χ0v) is 12.6. The second kappa shape index (κ2) is 6.74. The molecule has 22 heavy (non-hydrogen) atoms. The van der Waals surface area contributed by atoms with Crippen molar-refractivity contribution in [2.75, 3.05) is 17.7 Å². The van der Waals surface area contributed by atoms with Gasteiger partial charge in [0.2, 0.25) is 0 Å². The van der Waals surface area contributed by atoms with Gasteiger partial charge in [-0.3, -0.25) is 4.79 Å². The van der Waals surface area contributed by atoms with Crippen LogP contribution in [0, 0.1) is 18.3 Å². The topological polar surface area (TPSA) is 105 Å². The number of thiophene rings is 1. The van der Waals surface area contributed by atoms with Crippen molar-refractivity contribution in [3.63, 3.8) is 0 Å². The summed E-state index contributed by atoms with van der Waals surface area (Å²) >= 11 is 1.22. The summed E-state index contributed by atoms with van der Waals surface area (Å²) in [5.74, 6) is -1.18. The molecule has 112 valence electrons. The second-order valence-electron chi connectivity index (χ2n) is 4.44. The third kappa shape index (κ3) is 3.42. The van der Waals surface area contributed by atoms with Crippen molar-refractivity contribution in [1.82, 2.24) is 0 Å². The lowest BCUT2D eigenvalue weighted by atomic mass is 10.1. The Kier molecular flexibility index (Phi) is 4.76. The van der Waals surface area contributed by atoms with Gasteiger partial charge in [-0.2, -0.15) is 5.26 Å². The number of amides is 1. The van der Waals surface area contributed by atoms with Crippen LogP contribution in [0.1, 0.15) is 21.5 Å². The summed E-state index contributed by atoms with van der Waals surface area (Å²) in [6.07, 6.45) is 0. The zero-order chi connectivity index (χ0) is 16.1. The molecule has 0 aliphatic rings. The van der Waals surface area contributed by atoms with Gasteiger partial charge >= 0.3 is 5.97 Å². The highest BCUT2D eigenvalue weighted by atomic mass is 32.1. The highest BCUT2D eigenvalue weighted by molar-refractivity contribution is 7.14. The third-order valence-corrected chi connectivity index (χ3v) is 3.75. The molecule has 1 amide bonds. The van der Waals surface area contributed by atoms with E-state index in [2.05, 4.69) is 5.32 Å². The predicted molar refractivity (Wildman–Crippen MR) is 83.5 cm³/mol. The minimum Gasteiger partial charge on any atom is -0.452 e. The molecule has 0 atom stereocenters. The number of nitrogens with zero attached hydrogens (tertiary/aromatic N) is 1. The summed E-state index contributed by atoms with van der Waals surface area (Å²) in [4.78, 5) is 23.7. The van der Waals surface area contributed by atoms with Gasteiger partial charge in [0.15, 0.2) is 6.61 Å². The fourth-order valence-electron chi connectivity index (χ4n) is 1.72. The molecule has 1 heterocycles. The first-order chi connectivity index (χ1) is 10.5. The number of nitrogen functional groups attached to an aromatic ring is 1. The summed E-state index contributed by atoms with van der Waals surface area (Å²) in [5, 5.41) is 13.5. The fraction of sp³-hybridized carbons (Fsp3) is 0.133. The van der Waals surface area contributed by atoms with Gasteiger partial charge < -0.3 is 15.8 Å². The van der Waals surface area contributed by atoms with Crippen LogP contribution in [-0.4, -0.2) is 18.5 Å². The summed E-state index contributed by atoms with van der Waals surface area (Å²) in [5.41, 5.74) is 7.49. The van der Waals surface area contributed by atoms with Crippen LogP contribution >= 0.6 is 11.3 Å². The zero-order valence-electron chi connectivity index (χ0n) is 11.8. The maximum Gasteiger partial charge on any atom is 0.340 e. The Morgan fingerprint density at radius 1 is 1.41 bits per heavy atom. The second-order valence-corrected chi connectivity index (χ2v) is 5.35. The molecular weight excluding hydrogens is 302 g/mol. The molecule has 0 saturated carbocycles. The average molecular weight is 315 g/mol. The minimum atomic E-state index is -0.664. The number of rotatable bonds is 4. The molecule has 0 saturated heterocycles. The lowest BCUT2D eigenvalue weighted by Crippen LogP contribution is -2.21. The van der Waals surface area contributed by atoms with E-state index in [0.717, 1.165) is 5.56 Å². The van der Waals surface area contributed by atoms with Crippen molar-refractivity contribution in [2.24, 2.45) is 0 Å². The molecule has 2 rings (SSSR count). The van der Waals surface area contributed by atoms with Crippen LogP contribution in [0.5, 0.6) is 0 Å². The normalized spacial score (nSPS) is 9.82. The first kappa shape index (κ1) is 15.5.